The molecule has 0 radical (unpaired) electrons. The Labute approximate surface area is 300 Å². The molecule has 246 valence electrons. The molecule has 0 aliphatic carbocycles. The second-order valence-electron chi connectivity index (χ2n) is 14.1. The standard InChI is InChI=1S/C49H40N2/c1-33(45-15-7-11-39-9-3-5-13-46(39)45)29-49(42-27-23-37(24-28-42)36-19-21-38(22-20-36)43-30-44-32-51(44)31-43)50-34(2)35-17-25-41(26-18-35)48-16-8-12-40-10-4-6-14-47(40)48/h3-30,33,44H,31-32H2,1-2H3/b49-29-,50-34?. The molecule has 7 aromatic carbocycles. The largest absolute Gasteiger partial charge is 0.289 e. The quantitative estimate of drug-likeness (QED) is 0.117. The van der Waals surface area contributed by atoms with Gasteiger partial charge in [-0.2, -0.15) is 0 Å². The molecule has 0 bridgehead atoms. The molecular weight excluding hydrogens is 617 g/mol. The first-order valence-electron chi connectivity index (χ1n) is 18.1. The number of hydrogen-bond acceptors (Lipinski definition) is 2. The number of hydrogen-bond donors (Lipinski definition) is 0. The van der Waals surface area contributed by atoms with Crippen LogP contribution < -0.4 is 0 Å². The topological polar surface area (TPSA) is 15.4 Å². The predicted octanol–water partition coefficient (Wildman–Crippen LogP) is 12.1. The van der Waals surface area contributed by atoms with Gasteiger partial charge < -0.3 is 0 Å². The molecule has 3 unspecified atom stereocenters. The maximum atomic E-state index is 5.35. The van der Waals surface area contributed by atoms with Crippen molar-refractivity contribution in [1.82, 2.24) is 4.90 Å². The van der Waals surface area contributed by atoms with E-state index in [-0.39, 0.29) is 5.92 Å². The van der Waals surface area contributed by atoms with Gasteiger partial charge in [0.2, 0.25) is 0 Å². The third-order valence-electron chi connectivity index (χ3n) is 10.7. The molecule has 1 fully saturated rings. The summed E-state index contributed by atoms with van der Waals surface area (Å²) in [4.78, 5) is 7.85. The summed E-state index contributed by atoms with van der Waals surface area (Å²) in [6.45, 7) is 6.72. The van der Waals surface area contributed by atoms with Gasteiger partial charge in [-0.1, -0.05) is 177 Å². The lowest BCUT2D eigenvalue weighted by atomic mass is 9.93. The van der Waals surface area contributed by atoms with Gasteiger partial charge in [-0.25, -0.2) is 0 Å². The van der Waals surface area contributed by atoms with Crippen molar-refractivity contribution < 1.29 is 0 Å². The summed E-state index contributed by atoms with van der Waals surface area (Å²) < 4.78 is 0. The molecule has 7 aromatic rings. The van der Waals surface area contributed by atoms with Crippen LogP contribution in [0.4, 0.5) is 0 Å². The molecule has 51 heavy (non-hydrogen) atoms. The number of benzene rings is 7. The lowest BCUT2D eigenvalue weighted by Crippen LogP contribution is -1.98. The normalized spacial score (nSPS) is 17.7. The molecule has 2 aliphatic heterocycles. The van der Waals surface area contributed by atoms with Crippen LogP contribution in [-0.4, -0.2) is 29.7 Å². The van der Waals surface area contributed by atoms with Gasteiger partial charge in [-0.15, -0.1) is 0 Å². The molecule has 0 saturated carbocycles. The van der Waals surface area contributed by atoms with Crippen molar-refractivity contribution in [3.63, 3.8) is 0 Å². The van der Waals surface area contributed by atoms with E-state index in [1.165, 1.54) is 67.0 Å². The monoisotopic (exact) mass is 656 g/mol. The van der Waals surface area contributed by atoms with Crippen molar-refractivity contribution in [2.45, 2.75) is 25.8 Å². The van der Waals surface area contributed by atoms with Crippen molar-refractivity contribution in [1.29, 1.82) is 0 Å². The van der Waals surface area contributed by atoms with Gasteiger partial charge in [0.05, 0.1) is 5.70 Å². The van der Waals surface area contributed by atoms with E-state index in [1.807, 2.05) is 0 Å². The maximum Gasteiger partial charge on any atom is 0.0671 e. The molecule has 0 amide bonds. The van der Waals surface area contributed by atoms with E-state index in [0.717, 1.165) is 29.1 Å². The molecule has 2 heterocycles. The SMILES string of the molecule is CC(=N/C(=C\C(C)c1cccc2ccccc12)c1ccc(-c2ccc(C3=CC4CN4C3)cc2)cc1)c1ccc(-c2cccc3ccccc23)cc1. The number of allylic oxidation sites excluding steroid dienone is 1. The minimum atomic E-state index is 0.163. The summed E-state index contributed by atoms with van der Waals surface area (Å²) in [6, 6.07) is 57.9. The summed E-state index contributed by atoms with van der Waals surface area (Å²) >= 11 is 0. The van der Waals surface area contributed by atoms with Crippen molar-refractivity contribution in [3.05, 3.63) is 192 Å². The van der Waals surface area contributed by atoms with Crippen LogP contribution in [0.1, 0.15) is 42.0 Å². The Morgan fingerprint density at radius 3 is 1.88 bits per heavy atom. The number of nitrogens with zero attached hydrogens (tertiary/aromatic N) is 2. The predicted molar refractivity (Wildman–Crippen MR) is 217 cm³/mol. The average molecular weight is 657 g/mol. The number of aliphatic imine (C=N–C) groups is 1. The number of rotatable bonds is 8. The molecule has 2 aliphatic rings. The zero-order chi connectivity index (χ0) is 34.3. The Hall–Kier alpha value is -5.83. The molecule has 2 heteroatoms. The smallest absolute Gasteiger partial charge is 0.0671 e. The van der Waals surface area contributed by atoms with Crippen LogP contribution in [0.3, 0.4) is 0 Å². The fraction of sp³-hybridized carbons (Fsp3) is 0.122. The van der Waals surface area contributed by atoms with Gasteiger partial charge in [-0.3, -0.25) is 9.89 Å². The van der Waals surface area contributed by atoms with Gasteiger partial charge in [-0.05, 0) is 78.5 Å². The third kappa shape index (κ3) is 6.24. The second-order valence-corrected chi connectivity index (χ2v) is 14.1. The second kappa shape index (κ2) is 13.1. The van der Waals surface area contributed by atoms with Crippen molar-refractivity contribution in [2.24, 2.45) is 4.99 Å². The van der Waals surface area contributed by atoms with Crippen LogP contribution in [0.25, 0.3) is 55.1 Å². The van der Waals surface area contributed by atoms with Crippen LogP contribution in [0.2, 0.25) is 0 Å². The maximum absolute atomic E-state index is 5.35. The Balaban J connectivity index is 1.05. The summed E-state index contributed by atoms with van der Waals surface area (Å²) in [5, 5.41) is 5.07. The first-order chi connectivity index (χ1) is 25.1. The van der Waals surface area contributed by atoms with E-state index in [9.17, 15) is 0 Å². The fourth-order valence-electron chi connectivity index (χ4n) is 7.72. The van der Waals surface area contributed by atoms with E-state index in [2.05, 4.69) is 189 Å². The molecule has 2 nitrogen and oxygen atoms in total. The van der Waals surface area contributed by atoms with Crippen LogP contribution in [0.5, 0.6) is 0 Å². The molecule has 3 atom stereocenters. The highest BCUT2D eigenvalue weighted by Crippen LogP contribution is 2.35. The Morgan fingerprint density at radius 2 is 1.18 bits per heavy atom. The summed E-state index contributed by atoms with van der Waals surface area (Å²) in [5.74, 6) is 0.163. The highest BCUT2D eigenvalue weighted by molar-refractivity contribution is 6.03. The highest BCUT2D eigenvalue weighted by Gasteiger charge is 2.37. The van der Waals surface area contributed by atoms with Crippen LogP contribution in [-0.2, 0) is 0 Å². The van der Waals surface area contributed by atoms with E-state index in [1.54, 1.807) is 0 Å². The molecule has 0 aromatic heterocycles. The van der Waals surface area contributed by atoms with Gasteiger partial charge >= 0.3 is 0 Å². The van der Waals surface area contributed by atoms with Crippen molar-refractivity contribution in [3.8, 4) is 22.3 Å². The first kappa shape index (κ1) is 31.2. The van der Waals surface area contributed by atoms with Gasteiger partial charge in [0.15, 0.2) is 0 Å². The van der Waals surface area contributed by atoms with Gasteiger partial charge in [0.25, 0.3) is 0 Å². The van der Waals surface area contributed by atoms with Crippen LogP contribution in [0.15, 0.2) is 175 Å². The summed E-state index contributed by atoms with van der Waals surface area (Å²) in [7, 11) is 0. The average Bonchev–Trinajstić information content (AvgIpc) is 3.80. The minimum absolute atomic E-state index is 0.163. The van der Waals surface area contributed by atoms with Crippen LogP contribution in [0, 0.1) is 0 Å². The van der Waals surface area contributed by atoms with E-state index >= 15 is 0 Å². The summed E-state index contributed by atoms with van der Waals surface area (Å²) in [5.41, 5.74) is 13.2. The summed E-state index contributed by atoms with van der Waals surface area (Å²) in [6.07, 6.45) is 4.76. The number of fused-ring (bicyclic) bond motifs is 3. The van der Waals surface area contributed by atoms with Crippen molar-refractivity contribution in [2.75, 3.05) is 13.1 Å². The van der Waals surface area contributed by atoms with E-state index in [0.29, 0.717) is 6.04 Å². The Morgan fingerprint density at radius 1 is 0.608 bits per heavy atom. The van der Waals surface area contributed by atoms with Crippen LogP contribution >= 0.6 is 0 Å². The van der Waals surface area contributed by atoms with Crippen molar-refractivity contribution >= 4 is 38.5 Å². The molecular formula is C49H40N2. The Kier molecular flexibility index (Phi) is 8.03. The lowest BCUT2D eigenvalue weighted by Gasteiger charge is -2.14. The highest BCUT2D eigenvalue weighted by atomic mass is 15.3. The fourth-order valence-corrected chi connectivity index (χ4v) is 7.72. The van der Waals surface area contributed by atoms with Gasteiger partial charge in [0, 0.05) is 30.8 Å². The lowest BCUT2D eigenvalue weighted by molar-refractivity contribution is 0.628. The molecule has 1 saturated heterocycles. The first-order valence-corrected chi connectivity index (χ1v) is 18.1. The minimum Gasteiger partial charge on any atom is -0.289 e. The van der Waals surface area contributed by atoms with Gasteiger partial charge in [0.1, 0.15) is 0 Å². The van der Waals surface area contributed by atoms with E-state index in [4.69, 9.17) is 4.99 Å². The zero-order valence-electron chi connectivity index (χ0n) is 29.1. The zero-order valence-corrected chi connectivity index (χ0v) is 29.1. The molecule has 0 N–H and O–H groups in total. The van der Waals surface area contributed by atoms with E-state index < -0.39 is 0 Å². The Bertz CT molecular complexity index is 2470. The molecule has 9 rings (SSSR count). The molecule has 0 spiro atoms. The third-order valence-corrected chi connectivity index (χ3v) is 10.7.